The monoisotopic (exact) mass is 274 g/mol. The zero-order valence-corrected chi connectivity index (χ0v) is 12.1. The molecule has 0 aromatic rings. The zero-order valence-electron chi connectivity index (χ0n) is 10.5. The molecule has 0 amide bonds. The predicted octanol–water partition coefficient (Wildman–Crippen LogP) is 5.86. The van der Waals surface area contributed by atoms with Gasteiger partial charge in [0.25, 0.3) is 0 Å². The predicted molar refractivity (Wildman–Crippen MR) is 74.8 cm³/mol. The minimum atomic E-state index is 0.700. The number of alkyl halides is 1. The van der Waals surface area contributed by atoms with E-state index in [-0.39, 0.29) is 0 Å². The van der Waals surface area contributed by atoms with E-state index in [1.54, 1.807) is 0 Å². The second kappa shape index (κ2) is 12.3. The van der Waals surface area contributed by atoms with Gasteiger partial charge in [-0.1, -0.05) is 74.0 Å². The first-order valence-electron chi connectivity index (χ1n) is 6.56. The summed E-state index contributed by atoms with van der Waals surface area (Å²) in [4.78, 5) is 0.700. The first kappa shape index (κ1) is 15.2. The fraction of sp³-hybridized carbons (Fsp3) is 0.857. The summed E-state index contributed by atoms with van der Waals surface area (Å²) in [5.74, 6) is 0. The highest BCUT2D eigenvalue weighted by molar-refractivity contribution is 9.09. The molecule has 0 aromatic heterocycles. The maximum atomic E-state index is 3.58. The van der Waals surface area contributed by atoms with E-state index in [0.717, 1.165) is 0 Å². The Bertz CT molecular complexity index is 138. The summed E-state index contributed by atoms with van der Waals surface area (Å²) < 4.78 is 0. The molecule has 0 rings (SSSR count). The van der Waals surface area contributed by atoms with Crippen molar-refractivity contribution in [3.63, 3.8) is 0 Å². The number of allylic oxidation sites excluding steroid dienone is 2. The van der Waals surface area contributed by atoms with Crippen LogP contribution in [0, 0.1) is 0 Å². The smallest absolute Gasteiger partial charge is 0.0117 e. The van der Waals surface area contributed by atoms with Crippen molar-refractivity contribution in [2.45, 2.75) is 76.5 Å². The van der Waals surface area contributed by atoms with Crippen LogP contribution in [0.2, 0.25) is 0 Å². The van der Waals surface area contributed by atoms with E-state index < -0.39 is 0 Å². The van der Waals surface area contributed by atoms with Gasteiger partial charge >= 0.3 is 0 Å². The van der Waals surface area contributed by atoms with Gasteiger partial charge in [-0.2, -0.15) is 0 Å². The van der Waals surface area contributed by atoms with Crippen molar-refractivity contribution < 1.29 is 0 Å². The fourth-order valence-corrected chi connectivity index (χ4v) is 1.92. The Hall–Kier alpha value is 0.220. The third-order valence-corrected chi connectivity index (χ3v) is 3.07. The molecule has 0 aromatic carbocycles. The summed E-state index contributed by atoms with van der Waals surface area (Å²) in [5, 5.41) is 0. The largest absolute Gasteiger partial charge is 0.0894 e. The maximum absolute atomic E-state index is 3.58. The molecule has 0 aliphatic carbocycles. The standard InChI is InChI=1S/C14H27Br/c1-3-4-5-6-7-8-9-10-11-12-13-14(2)15/h6-7,14H,3-5,8-13H2,1-2H3. The molecule has 0 fully saturated rings. The van der Waals surface area contributed by atoms with Gasteiger partial charge in [-0.05, 0) is 25.7 Å². The van der Waals surface area contributed by atoms with Crippen LogP contribution in [0.3, 0.4) is 0 Å². The highest BCUT2D eigenvalue weighted by atomic mass is 79.9. The van der Waals surface area contributed by atoms with Crippen LogP contribution in [0.5, 0.6) is 0 Å². The third-order valence-electron chi connectivity index (χ3n) is 2.61. The Morgan fingerprint density at radius 1 is 0.933 bits per heavy atom. The summed E-state index contributed by atoms with van der Waals surface area (Å²) in [7, 11) is 0. The molecule has 0 radical (unpaired) electrons. The topological polar surface area (TPSA) is 0 Å². The van der Waals surface area contributed by atoms with E-state index in [1.807, 2.05) is 0 Å². The van der Waals surface area contributed by atoms with Crippen LogP contribution in [-0.2, 0) is 0 Å². The van der Waals surface area contributed by atoms with E-state index >= 15 is 0 Å². The average molecular weight is 275 g/mol. The van der Waals surface area contributed by atoms with E-state index in [4.69, 9.17) is 0 Å². The highest BCUT2D eigenvalue weighted by Crippen LogP contribution is 2.11. The van der Waals surface area contributed by atoms with Crippen LogP contribution >= 0.6 is 15.9 Å². The molecular weight excluding hydrogens is 248 g/mol. The highest BCUT2D eigenvalue weighted by Gasteiger charge is 1.94. The third kappa shape index (κ3) is 14.2. The van der Waals surface area contributed by atoms with Crippen molar-refractivity contribution >= 4 is 15.9 Å². The molecule has 0 nitrogen and oxygen atoms in total. The molecule has 1 unspecified atom stereocenters. The van der Waals surface area contributed by atoms with Gasteiger partial charge in [0.2, 0.25) is 0 Å². The summed E-state index contributed by atoms with van der Waals surface area (Å²) in [6, 6.07) is 0. The van der Waals surface area contributed by atoms with Gasteiger partial charge in [-0.15, -0.1) is 0 Å². The van der Waals surface area contributed by atoms with Crippen molar-refractivity contribution in [2.75, 3.05) is 0 Å². The molecule has 1 atom stereocenters. The van der Waals surface area contributed by atoms with Crippen molar-refractivity contribution in [2.24, 2.45) is 0 Å². The summed E-state index contributed by atoms with van der Waals surface area (Å²) >= 11 is 3.58. The summed E-state index contributed by atoms with van der Waals surface area (Å²) in [6.45, 7) is 4.48. The number of halogens is 1. The Morgan fingerprint density at radius 3 is 2.13 bits per heavy atom. The van der Waals surface area contributed by atoms with Gasteiger partial charge in [0, 0.05) is 4.83 Å². The van der Waals surface area contributed by atoms with E-state index in [9.17, 15) is 0 Å². The number of rotatable bonds is 10. The lowest BCUT2D eigenvalue weighted by Gasteiger charge is -2.01. The van der Waals surface area contributed by atoms with Gasteiger partial charge in [0.05, 0.1) is 0 Å². The summed E-state index contributed by atoms with van der Waals surface area (Å²) in [5.41, 5.74) is 0. The lowest BCUT2D eigenvalue weighted by Crippen LogP contribution is -1.89. The lowest BCUT2D eigenvalue weighted by atomic mass is 10.1. The van der Waals surface area contributed by atoms with Crippen LogP contribution < -0.4 is 0 Å². The SMILES string of the molecule is CCCCC=CCCCCCCC(C)Br. The Kier molecular flexibility index (Phi) is 12.5. The number of hydrogen-bond acceptors (Lipinski definition) is 0. The minimum absolute atomic E-state index is 0.700. The lowest BCUT2D eigenvalue weighted by molar-refractivity contribution is 0.618. The molecule has 1 heteroatoms. The van der Waals surface area contributed by atoms with E-state index in [1.165, 1.54) is 57.8 Å². The minimum Gasteiger partial charge on any atom is -0.0894 e. The van der Waals surface area contributed by atoms with Crippen LogP contribution in [0.1, 0.15) is 71.6 Å². The van der Waals surface area contributed by atoms with Gasteiger partial charge in [-0.25, -0.2) is 0 Å². The summed E-state index contributed by atoms with van der Waals surface area (Å²) in [6.07, 6.45) is 16.8. The second-order valence-electron chi connectivity index (χ2n) is 4.39. The Balaban J connectivity index is 3.01. The van der Waals surface area contributed by atoms with Gasteiger partial charge in [0.1, 0.15) is 0 Å². The molecule has 0 spiro atoms. The van der Waals surface area contributed by atoms with Crippen LogP contribution in [0.25, 0.3) is 0 Å². The molecule has 0 aliphatic heterocycles. The fourth-order valence-electron chi connectivity index (χ4n) is 1.60. The zero-order chi connectivity index (χ0) is 11.4. The number of unbranched alkanes of at least 4 members (excludes halogenated alkanes) is 6. The van der Waals surface area contributed by atoms with Crippen LogP contribution in [-0.4, -0.2) is 4.83 Å². The molecule has 0 aliphatic rings. The Labute approximate surface area is 105 Å². The molecule has 0 saturated heterocycles. The molecule has 0 heterocycles. The van der Waals surface area contributed by atoms with Crippen molar-refractivity contribution in [1.82, 2.24) is 0 Å². The van der Waals surface area contributed by atoms with Crippen molar-refractivity contribution in [3.8, 4) is 0 Å². The van der Waals surface area contributed by atoms with Gasteiger partial charge < -0.3 is 0 Å². The normalized spacial score (nSPS) is 13.5. The maximum Gasteiger partial charge on any atom is 0.0117 e. The van der Waals surface area contributed by atoms with Gasteiger partial charge in [0.15, 0.2) is 0 Å². The Morgan fingerprint density at radius 2 is 1.53 bits per heavy atom. The van der Waals surface area contributed by atoms with Crippen LogP contribution in [0.15, 0.2) is 12.2 Å². The molecular formula is C14H27Br. The molecule has 0 bridgehead atoms. The second-order valence-corrected chi connectivity index (χ2v) is 5.95. The molecule has 90 valence electrons. The van der Waals surface area contributed by atoms with E-state index in [2.05, 4.69) is 41.9 Å². The average Bonchev–Trinajstić information content (AvgIpc) is 2.20. The first-order valence-corrected chi connectivity index (χ1v) is 7.48. The molecule has 0 N–H and O–H groups in total. The van der Waals surface area contributed by atoms with Crippen LogP contribution in [0.4, 0.5) is 0 Å². The van der Waals surface area contributed by atoms with Gasteiger partial charge in [-0.3, -0.25) is 0 Å². The van der Waals surface area contributed by atoms with Crippen molar-refractivity contribution in [1.29, 1.82) is 0 Å². The quantitative estimate of drug-likeness (QED) is 0.266. The number of hydrogen-bond donors (Lipinski definition) is 0. The van der Waals surface area contributed by atoms with E-state index in [0.29, 0.717) is 4.83 Å². The van der Waals surface area contributed by atoms with Crippen molar-refractivity contribution in [3.05, 3.63) is 12.2 Å². The first-order chi connectivity index (χ1) is 7.27. The molecule has 0 saturated carbocycles. The molecule has 15 heavy (non-hydrogen) atoms.